The number of hydrogen-bond donors (Lipinski definition) is 0. The van der Waals surface area contributed by atoms with E-state index < -0.39 is 17.0 Å². The Hall–Kier alpha value is -3.13. The lowest BCUT2D eigenvalue weighted by Gasteiger charge is -2.26. The number of rotatable bonds is 7. The minimum absolute atomic E-state index is 0.0660. The van der Waals surface area contributed by atoms with Gasteiger partial charge in [-0.05, 0) is 56.9 Å². The number of nitrogens with zero attached hydrogens (tertiary/aromatic N) is 1. The average molecular weight is 408 g/mol. The van der Waals surface area contributed by atoms with E-state index in [9.17, 15) is 14.9 Å². The molecule has 1 atom stereocenters. The fraction of sp³-hybridized carbons (Fsp3) is 0.400. The lowest BCUT2D eigenvalue weighted by atomic mass is 9.78. The van der Waals surface area contributed by atoms with E-state index in [0.29, 0.717) is 5.56 Å². The molecule has 0 aliphatic heterocycles. The second kappa shape index (κ2) is 9.58. The summed E-state index contributed by atoms with van der Waals surface area (Å²) in [6.45, 7) is 9.20. The number of aryl methyl sites for hydroxylation is 1. The number of benzene rings is 2. The van der Waals surface area contributed by atoms with Crippen molar-refractivity contribution in [1.82, 2.24) is 0 Å². The van der Waals surface area contributed by atoms with Gasteiger partial charge in [-0.2, -0.15) is 5.26 Å². The molecule has 0 aromatic heterocycles. The zero-order chi connectivity index (χ0) is 22.4. The molecular formula is C25H29NO4. The highest BCUT2D eigenvalue weighted by molar-refractivity contribution is 5.74. The number of carbonyl (C=O) groups excluding carboxylic acids is 2. The van der Waals surface area contributed by atoms with E-state index in [1.165, 1.54) is 0 Å². The van der Waals surface area contributed by atoms with Crippen molar-refractivity contribution in [2.24, 2.45) is 0 Å². The Morgan fingerprint density at radius 3 is 2.23 bits per heavy atom. The van der Waals surface area contributed by atoms with Crippen LogP contribution < -0.4 is 0 Å². The van der Waals surface area contributed by atoms with E-state index in [1.807, 2.05) is 55.5 Å². The number of carbonyl (C=O) groups is 2. The highest BCUT2D eigenvalue weighted by atomic mass is 16.6. The first-order valence-corrected chi connectivity index (χ1v) is 9.95. The molecule has 0 aliphatic rings. The largest absolute Gasteiger partial charge is 0.461 e. The topological polar surface area (TPSA) is 76.4 Å². The van der Waals surface area contributed by atoms with Crippen molar-refractivity contribution in [3.8, 4) is 6.07 Å². The Morgan fingerprint density at radius 1 is 0.967 bits per heavy atom. The second-order valence-electron chi connectivity index (χ2n) is 8.68. The Morgan fingerprint density at radius 2 is 1.63 bits per heavy atom. The first kappa shape index (κ1) is 23.2. The van der Waals surface area contributed by atoms with Crippen LogP contribution >= 0.6 is 0 Å². The molecule has 0 spiro atoms. The van der Waals surface area contributed by atoms with Crippen LogP contribution in [0.25, 0.3) is 0 Å². The maximum absolute atomic E-state index is 12.4. The third kappa shape index (κ3) is 6.73. The molecule has 0 bridgehead atoms. The fourth-order valence-corrected chi connectivity index (χ4v) is 3.19. The molecule has 0 saturated heterocycles. The summed E-state index contributed by atoms with van der Waals surface area (Å²) in [5, 5.41) is 9.84. The van der Waals surface area contributed by atoms with Crippen LogP contribution in [0.4, 0.5) is 0 Å². The van der Waals surface area contributed by atoms with E-state index in [1.54, 1.807) is 27.7 Å². The van der Waals surface area contributed by atoms with Gasteiger partial charge in [0, 0.05) is 0 Å². The van der Waals surface area contributed by atoms with Gasteiger partial charge in [-0.1, -0.05) is 48.5 Å². The lowest BCUT2D eigenvalue weighted by Crippen LogP contribution is -2.31. The quantitative estimate of drug-likeness (QED) is 0.617. The zero-order valence-electron chi connectivity index (χ0n) is 18.3. The smallest absolute Gasteiger partial charge is 0.310 e. The first-order chi connectivity index (χ1) is 14.0. The van der Waals surface area contributed by atoms with Crippen LogP contribution in [0.5, 0.6) is 0 Å². The lowest BCUT2D eigenvalue weighted by molar-refractivity contribution is -0.155. The zero-order valence-corrected chi connectivity index (χ0v) is 18.3. The van der Waals surface area contributed by atoms with E-state index in [4.69, 9.17) is 9.47 Å². The van der Waals surface area contributed by atoms with Crippen LogP contribution in [-0.4, -0.2) is 17.5 Å². The maximum atomic E-state index is 12.4. The Balaban J connectivity index is 2.13. The van der Waals surface area contributed by atoms with Crippen LogP contribution in [0, 0.1) is 18.3 Å². The van der Waals surface area contributed by atoms with Crippen molar-refractivity contribution in [2.75, 3.05) is 0 Å². The van der Waals surface area contributed by atoms with Crippen molar-refractivity contribution < 1.29 is 19.1 Å². The summed E-state index contributed by atoms with van der Waals surface area (Å²) in [5.74, 6) is -0.780. The minimum atomic E-state index is -1.06. The molecule has 2 aromatic carbocycles. The molecule has 0 aliphatic carbocycles. The Kier molecular flexibility index (Phi) is 7.39. The van der Waals surface area contributed by atoms with Gasteiger partial charge in [0.1, 0.15) is 12.2 Å². The van der Waals surface area contributed by atoms with E-state index in [0.717, 1.165) is 16.7 Å². The van der Waals surface area contributed by atoms with Crippen molar-refractivity contribution in [2.45, 2.75) is 65.1 Å². The van der Waals surface area contributed by atoms with Crippen molar-refractivity contribution >= 4 is 11.9 Å². The molecule has 0 heterocycles. The summed E-state index contributed by atoms with van der Waals surface area (Å²) in [6.07, 6.45) is 0.0254. The summed E-state index contributed by atoms with van der Waals surface area (Å²) in [6, 6.07) is 17.3. The molecule has 0 fully saturated rings. The first-order valence-electron chi connectivity index (χ1n) is 9.95. The SMILES string of the molecule is Cc1ccc(CC(=O)OCc2ccccc2)cc1C(C)(C#N)CC(=O)OC(C)(C)C. The third-order valence-electron chi connectivity index (χ3n) is 4.65. The van der Waals surface area contributed by atoms with Gasteiger partial charge in [-0.15, -0.1) is 0 Å². The van der Waals surface area contributed by atoms with Gasteiger partial charge in [-0.25, -0.2) is 0 Å². The van der Waals surface area contributed by atoms with Crippen LogP contribution in [0.2, 0.25) is 0 Å². The minimum Gasteiger partial charge on any atom is -0.461 e. The molecule has 0 N–H and O–H groups in total. The highest BCUT2D eigenvalue weighted by Gasteiger charge is 2.33. The standard InChI is InChI=1S/C25H29NO4/c1-18-11-12-20(14-22(27)29-16-19-9-7-6-8-10-19)13-21(18)25(5,17-26)15-23(28)30-24(2,3)4/h6-13H,14-16H2,1-5H3. The fourth-order valence-electron chi connectivity index (χ4n) is 3.19. The third-order valence-corrected chi connectivity index (χ3v) is 4.65. The van der Waals surface area contributed by atoms with Crippen molar-refractivity contribution in [3.05, 3.63) is 70.8 Å². The predicted octanol–water partition coefficient (Wildman–Crippen LogP) is 4.79. The normalized spacial score (nSPS) is 13.1. The van der Waals surface area contributed by atoms with Crippen molar-refractivity contribution in [1.29, 1.82) is 5.26 Å². The molecule has 30 heavy (non-hydrogen) atoms. The Bertz CT molecular complexity index is 938. The second-order valence-corrected chi connectivity index (χ2v) is 8.68. The molecule has 5 heteroatoms. The molecule has 158 valence electrons. The monoisotopic (exact) mass is 407 g/mol. The molecule has 2 aromatic rings. The number of esters is 2. The molecule has 0 radical (unpaired) electrons. The summed E-state index contributed by atoms with van der Waals surface area (Å²) in [5.41, 5.74) is 1.57. The van der Waals surface area contributed by atoms with E-state index in [-0.39, 0.29) is 25.4 Å². The van der Waals surface area contributed by atoms with Crippen LogP contribution in [0.1, 0.15) is 56.4 Å². The van der Waals surface area contributed by atoms with Crippen LogP contribution in [0.15, 0.2) is 48.5 Å². The van der Waals surface area contributed by atoms with Gasteiger partial charge in [-0.3, -0.25) is 9.59 Å². The van der Waals surface area contributed by atoms with Crippen LogP contribution in [0.3, 0.4) is 0 Å². The van der Waals surface area contributed by atoms with Crippen LogP contribution in [-0.2, 0) is 37.5 Å². The van der Waals surface area contributed by atoms with Crippen molar-refractivity contribution in [3.63, 3.8) is 0 Å². The van der Waals surface area contributed by atoms with Gasteiger partial charge >= 0.3 is 11.9 Å². The van der Waals surface area contributed by atoms with Gasteiger partial charge in [0.25, 0.3) is 0 Å². The number of nitriles is 1. The molecule has 1 unspecified atom stereocenters. The van der Waals surface area contributed by atoms with E-state index in [2.05, 4.69) is 6.07 Å². The summed E-state index contributed by atoms with van der Waals surface area (Å²) >= 11 is 0. The van der Waals surface area contributed by atoms with Gasteiger partial charge in [0.2, 0.25) is 0 Å². The molecular weight excluding hydrogens is 378 g/mol. The summed E-state index contributed by atoms with van der Waals surface area (Å²) < 4.78 is 10.8. The Labute approximate surface area is 178 Å². The molecule has 2 rings (SSSR count). The molecule has 5 nitrogen and oxygen atoms in total. The van der Waals surface area contributed by atoms with Gasteiger partial charge < -0.3 is 9.47 Å². The highest BCUT2D eigenvalue weighted by Crippen LogP contribution is 2.32. The number of ether oxygens (including phenoxy) is 2. The average Bonchev–Trinajstić information content (AvgIpc) is 2.67. The van der Waals surface area contributed by atoms with Gasteiger partial charge in [0.15, 0.2) is 0 Å². The molecule has 0 saturated carbocycles. The van der Waals surface area contributed by atoms with Gasteiger partial charge in [0.05, 0.1) is 24.3 Å². The van der Waals surface area contributed by atoms with E-state index >= 15 is 0 Å². The summed E-state index contributed by atoms with van der Waals surface area (Å²) in [7, 11) is 0. The predicted molar refractivity (Wildman–Crippen MR) is 115 cm³/mol. The maximum Gasteiger partial charge on any atom is 0.310 e. The molecule has 0 amide bonds. The number of hydrogen-bond acceptors (Lipinski definition) is 5. The summed E-state index contributed by atoms with van der Waals surface area (Å²) in [4.78, 5) is 24.6.